The summed E-state index contributed by atoms with van der Waals surface area (Å²) >= 11 is 0. The van der Waals surface area contributed by atoms with Crippen molar-refractivity contribution in [3.05, 3.63) is 0 Å². The smallest absolute Gasteiger partial charge is 0.135 e. The number of Topliss-reactive ketones (excluding diaryl/α,β-unsaturated/α-hetero) is 2. The molecule has 0 heterocycles. The molecular weight excluding hydrogens is 196 g/mol. The summed E-state index contributed by atoms with van der Waals surface area (Å²) < 4.78 is 4.90. The van der Waals surface area contributed by atoms with E-state index in [9.17, 15) is 14.7 Å². The highest BCUT2D eigenvalue weighted by Gasteiger charge is 2.04. The van der Waals surface area contributed by atoms with E-state index in [-0.39, 0.29) is 24.8 Å². The van der Waals surface area contributed by atoms with E-state index < -0.39 is 0 Å². The van der Waals surface area contributed by atoms with Gasteiger partial charge in [0.15, 0.2) is 0 Å². The lowest BCUT2D eigenvalue weighted by molar-refractivity contribution is -0.121. The molecule has 0 saturated carbocycles. The van der Waals surface area contributed by atoms with E-state index in [1.165, 1.54) is 0 Å². The van der Waals surface area contributed by atoms with Crippen molar-refractivity contribution in [3.63, 3.8) is 0 Å². The second kappa shape index (κ2) is 9.80. The lowest BCUT2D eigenvalue weighted by Crippen LogP contribution is -2.07. The molecule has 0 fully saturated rings. The topological polar surface area (TPSA) is 63.3 Å². The molecule has 0 amide bonds. The molecule has 15 heavy (non-hydrogen) atoms. The maximum atomic E-state index is 11.2. The Morgan fingerprint density at radius 2 is 1.67 bits per heavy atom. The van der Waals surface area contributed by atoms with Crippen LogP contribution < -0.4 is 0 Å². The van der Waals surface area contributed by atoms with Crippen molar-refractivity contribution in [2.45, 2.75) is 39.0 Å². The minimum Gasteiger partial charge on any atom is -0.378 e. The van der Waals surface area contributed by atoms with Gasteiger partial charge in [-0.05, 0) is 6.42 Å². The van der Waals surface area contributed by atoms with Gasteiger partial charge in [0.2, 0.25) is 0 Å². The van der Waals surface area contributed by atoms with Crippen LogP contribution in [0.4, 0.5) is 0 Å². The van der Waals surface area contributed by atoms with Gasteiger partial charge < -0.3 is 4.74 Å². The summed E-state index contributed by atoms with van der Waals surface area (Å²) in [5, 5.41) is 10.0. The van der Waals surface area contributed by atoms with Crippen LogP contribution in [-0.4, -0.2) is 31.4 Å². The van der Waals surface area contributed by atoms with Crippen molar-refractivity contribution in [3.8, 4) is 0 Å². The van der Waals surface area contributed by atoms with Gasteiger partial charge in [0.25, 0.3) is 0 Å². The Bertz CT molecular complexity index is 189. The van der Waals surface area contributed by atoms with Gasteiger partial charge in [-0.15, -0.1) is 0 Å². The van der Waals surface area contributed by atoms with Gasteiger partial charge in [-0.1, -0.05) is 6.92 Å². The predicted octanol–water partition coefficient (Wildman–Crippen LogP) is 1.54. The molecule has 0 aromatic heterocycles. The van der Waals surface area contributed by atoms with Crippen LogP contribution in [0.1, 0.15) is 39.0 Å². The minimum atomic E-state index is -0.265. The summed E-state index contributed by atoms with van der Waals surface area (Å²) in [6.45, 7) is 2.05. The lowest BCUT2D eigenvalue weighted by Gasteiger charge is -2.01. The van der Waals surface area contributed by atoms with Crippen LogP contribution in [0, 0.1) is 0 Å². The fourth-order valence-corrected chi connectivity index (χ4v) is 1.13. The normalized spacial score (nSPS) is 10.3. The fraction of sp³-hybridized carbons (Fsp3) is 0.818. The Labute approximate surface area is 90.6 Å². The van der Waals surface area contributed by atoms with Gasteiger partial charge in [0.1, 0.15) is 18.2 Å². The molecule has 0 rings (SSSR count). The first-order valence-electron chi connectivity index (χ1n) is 5.40. The summed E-state index contributed by atoms with van der Waals surface area (Å²) in [6.07, 6.45) is 2.45. The zero-order valence-corrected chi connectivity index (χ0v) is 9.29. The van der Waals surface area contributed by atoms with Crippen molar-refractivity contribution in [2.24, 2.45) is 0 Å². The summed E-state index contributed by atoms with van der Waals surface area (Å²) in [7, 11) is 0. The van der Waals surface area contributed by atoms with Crippen LogP contribution in [0.3, 0.4) is 0 Å². The predicted molar refractivity (Wildman–Crippen MR) is 55.1 cm³/mol. The van der Waals surface area contributed by atoms with Crippen molar-refractivity contribution in [1.82, 2.24) is 0 Å². The molecule has 0 saturated heterocycles. The highest BCUT2D eigenvalue weighted by molar-refractivity contribution is 5.81. The zero-order chi connectivity index (χ0) is 11.5. The fourth-order valence-electron chi connectivity index (χ4n) is 1.13. The Balaban J connectivity index is 3.29. The van der Waals surface area contributed by atoms with Crippen LogP contribution >= 0.6 is 0 Å². The third-order valence-corrected chi connectivity index (χ3v) is 2.06. The number of ketones is 2. The van der Waals surface area contributed by atoms with Gasteiger partial charge >= 0.3 is 0 Å². The first kappa shape index (κ1) is 14.3. The molecule has 0 unspecified atom stereocenters. The zero-order valence-electron chi connectivity index (χ0n) is 9.29. The number of rotatable bonds is 10. The van der Waals surface area contributed by atoms with E-state index in [0.29, 0.717) is 38.7 Å². The molecule has 0 aliphatic heterocycles. The maximum Gasteiger partial charge on any atom is 0.135 e. The molecule has 4 heteroatoms. The van der Waals surface area contributed by atoms with Crippen molar-refractivity contribution >= 4 is 11.6 Å². The van der Waals surface area contributed by atoms with Crippen LogP contribution in [-0.2, 0) is 19.4 Å². The van der Waals surface area contributed by atoms with E-state index in [0.717, 1.165) is 0 Å². The first-order chi connectivity index (χ1) is 7.20. The second-order valence-corrected chi connectivity index (χ2v) is 3.35. The SMILES string of the molecule is CCC(=O)CCCC(=O)CCOCC[O]. The molecule has 1 radical (unpaired) electrons. The van der Waals surface area contributed by atoms with Gasteiger partial charge in [-0.2, -0.15) is 0 Å². The van der Waals surface area contributed by atoms with E-state index >= 15 is 0 Å². The van der Waals surface area contributed by atoms with Gasteiger partial charge in [-0.25, -0.2) is 5.11 Å². The number of carbonyl (C=O) groups excluding carboxylic acids is 2. The second-order valence-electron chi connectivity index (χ2n) is 3.35. The first-order valence-corrected chi connectivity index (χ1v) is 5.40. The van der Waals surface area contributed by atoms with Crippen LogP contribution in [0.2, 0.25) is 0 Å². The monoisotopic (exact) mass is 215 g/mol. The highest BCUT2D eigenvalue weighted by Crippen LogP contribution is 2.02. The molecule has 4 nitrogen and oxygen atoms in total. The number of hydrogen-bond acceptors (Lipinski definition) is 3. The minimum absolute atomic E-state index is 0.102. The molecule has 0 atom stereocenters. The summed E-state index contributed by atoms with van der Waals surface area (Å²) in [4.78, 5) is 22.1. The molecule has 0 bridgehead atoms. The Kier molecular flexibility index (Phi) is 9.32. The molecule has 0 spiro atoms. The van der Waals surface area contributed by atoms with Crippen molar-refractivity contribution in [1.29, 1.82) is 0 Å². The van der Waals surface area contributed by atoms with E-state index in [1.807, 2.05) is 6.92 Å². The van der Waals surface area contributed by atoms with Crippen molar-refractivity contribution < 1.29 is 19.4 Å². The van der Waals surface area contributed by atoms with Crippen LogP contribution in [0.25, 0.3) is 0 Å². The Hall–Kier alpha value is -0.740. The van der Waals surface area contributed by atoms with E-state index in [4.69, 9.17) is 4.74 Å². The number of hydrogen-bond donors (Lipinski definition) is 0. The van der Waals surface area contributed by atoms with Gasteiger partial charge in [0, 0.05) is 25.7 Å². The number of ether oxygens (including phenoxy) is 1. The summed E-state index contributed by atoms with van der Waals surface area (Å²) in [5.41, 5.74) is 0. The van der Waals surface area contributed by atoms with E-state index in [1.54, 1.807) is 0 Å². The number of carbonyl (C=O) groups is 2. The largest absolute Gasteiger partial charge is 0.378 e. The molecule has 0 aromatic carbocycles. The van der Waals surface area contributed by atoms with Crippen LogP contribution in [0.15, 0.2) is 0 Å². The third kappa shape index (κ3) is 9.56. The average Bonchev–Trinajstić information content (AvgIpc) is 2.24. The lowest BCUT2D eigenvalue weighted by atomic mass is 10.1. The summed E-state index contributed by atoms with van der Waals surface area (Å²) in [5.74, 6) is 0.301. The van der Waals surface area contributed by atoms with E-state index in [2.05, 4.69) is 0 Å². The summed E-state index contributed by atoms with van der Waals surface area (Å²) in [6, 6.07) is 0. The Morgan fingerprint density at radius 1 is 1.00 bits per heavy atom. The van der Waals surface area contributed by atoms with Gasteiger partial charge in [-0.3, -0.25) is 9.59 Å². The standard InChI is InChI=1S/C11H19O4/c1-2-10(13)4-3-5-11(14)6-8-15-9-7-12/h2-9H2,1H3. The molecule has 0 aromatic rings. The molecule has 87 valence electrons. The molecule has 0 aliphatic rings. The maximum absolute atomic E-state index is 11.2. The van der Waals surface area contributed by atoms with Crippen molar-refractivity contribution in [2.75, 3.05) is 19.8 Å². The third-order valence-electron chi connectivity index (χ3n) is 2.06. The van der Waals surface area contributed by atoms with Crippen LogP contribution in [0.5, 0.6) is 0 Å². The quantitative estimate of drug-likeness (QED) is 0.519. The molecule has 0 N–H and O–H groups in total. The highest BCUT2D eigenvalue weighted by atomic mass is 16.5. The average molecular weight is 215 g/mol. The Morgan fingerprint density at radius 3 is 2.27 bits per heavy atom. The molecular formula is C11H19O4. The van der Waals surface area contributed by atoms with Gasteiger partial charge in [0.05, 0.1) is 13.2 Å². The molecule has 0 aliphatic carbocycles.